The summed E-state index contributed by atoms with van der Waals surface area (Å²) < 4.78 is 10.8. The van der Waals surface area contributed by atoms with Gasteiger partial charge >= 0.3 is 0 Å². The van der Waals surface area contributed by atoms with Gasteiger partial charge in [-0.2, -0.15) is 0 Å². The predicted molar refractivity (Wildman–Crippen MR) is 73.3 cm³/mol. The summed E-state index contributed by atoms with van der Waals surface area (Å²) in [5, 5.41) is 4.07. The molecule has 0 bridgehead atoms. The molecule has 0 aliphatic carbocycles. The molecule has 0 aromatic carbocycles. The molecule has 2 unspecified atom stereocenters. The third-order valence-electron chi connectivity index (χ3n) is 3.10. The normalized spacial score (nSPS) is 23.7. The maximum atomic E-state index is 5.55. The van der Waals surface area contributed by atoms with Crippen LogP contribution in [0.1, 0.15) is 26.7 Å². The van der Waals surface area contributed by atoms with Gasteiger partial charge in [-0.05, 0) is 38.9 Å². The van der Waals surface area contributed by atoms with Crippen molar-refractivity contribution in [3.63, 3.8) is 0 Å². The fourth-order valence-electron chi connectivity index (χ4n) is 2.02. The highest BCUT2D eigenvalue weighted by atomic mass is 32.1. The fraction of sp³-hybridized carbons (Fsp3) is 0.917. The van der Waals surface area contributed by atoms with E-state index in [0.717, 1.165) is 44.3 Å². The second-order valence-electron chi connectivity index (χ2n) is 4.33. The maximum Gasteiger partial charge on any atom is 0.169 e. The molecule has 2 atom stereocenters. The van der Waals surface area contributed by atoms with Crippen LogP contribution in [-0.4, -0.2) is 55.6 Å². The molecule has 0 saturated carbocycles. The Morgan fingerprint density at radius 3 is 2.94 bits per heavy atom. The number of thiocarbonyl (C=S) groups is 1. The molecule has 0 aromatic rings. The molecule has 1 aliphatic heterocycles. The minimum absolute atomic E-state index is 0.267. The molecule has 0 radical (unpaired) electrons. The lowest BCUT2D eigenvalue weighted by molar-refractivity contribution is 0.0996. The molecule has 0 amide bonds. The number of nitrogens with zero attached hydrogens (tertiary/aromatic N) is 1. The zero-order chi connectivity index (χ0) is 12.7. The van der Waals surface area contributed by atoms with Crippen molar-refractivity contribution in [1.82, 2.24) is 10.2 Å². The third kappa shape index (κ3) is 4.77. The van der Waals surface area contributed by atoms with Crippen molar-refractivity contribution in [2.75, 3.05) is 33.4 Å². The van der Waals surface area contributed by atoms with Crippen molar-refractivity contribution in [2.45, 2.75) is 38.8 Å². The van der Waals surface area contributed by atoms with Crippen molar-refractivity contribution in [1.29, 1.82) is 0 Å². The summed E-state index contributed by atoms with van der Waals surface area (Å²) in [6.07, 6.45) is 2.31. The third-order valence-corrected chi connectivity index (χ3v) is 3.53. The maximum absolute atomic E-state index is 5.55. The van der Waals surface area contributed by atoms with Crippen LogP contribution in [0.4, 0.5) is 0 Å². The molecule has 17 heavy (non-hydrogen) atoms. The Labute approximate surface area is 110 Å². The van der Waals surface area contributed by atoms with E-state index >= 15 is 0 Å². The number of likely N-dealkylation sites (N-methyl/N-ethyl adjacent to an activating group) is 1. The zero-order valence-corrected chi connectivity index (χ0v) is 11.9. The van der Waals surface area contributed by atoms with Crippen molar-refractivity contribution >= 4 is 17.3 Å². The average molecular weight is 260 g/mol. The topological polar surface area (TPSA) is 33.7 Å². The molecule has 1 rings (SSSR count). The number of nitrogens with one attached hydrogen (secondary N) is 1. The monoisotopic (exact) mass is 260 g/mol. The largest absolute Gasteiger partial charge is 0.382 e. The van der Waals surface area contributed by atoms with Gasteiger partial charge in [0.1, 0.15) is 0 Å². The first-order valence-corrected chi connectivity index (χ1v) is 6.77. The average Bonchev–Trinajstić information content (AvgIpc) is 2.74. The van der Waals surface area contributed by atoms with Crippen molar-refractivity contribution in [3.8, 4) is 0 Å². The smallest absolute Gasteiger partial charge is 0.169 e. The molecule has 1 aliphatic rings. The van der Waals surface area contributed by atoms with Crippen LogP contribution in [0.25, 0.3) is 0 Å². The summed E-state index contributed by atoms with van der Waals surface area (Å²) in [6, 6.07) is 0.405. The molecule has 1 N–H and O–H groups in total. The molecule has 1 fully saturated rings. The Bertz CT molecular complexity index is 239. The highest BCUT2D eigenvalue weighted by Gasteiger charge is 2.28. The summed E-state index contributed by atoms with van der Waals surface area (Å²) in [4.78, 5) is 2.12. The standard InChI is InChI=1S/C12H24N2O2S/c1-4-15-8-5-7-13-12(17)14(3)11-6-9-16-10(11)2/h10-11H,4-9H2,1-3H3,(H,13,17). The lowest BCUT2D eigenvalue weighted by Crippen LogP contribution is -2.46. The molecule has 0 aromatic heterocycles. The van der Waals surface area contributed by atoms with Crippen LogP contribution in [-0.2, 0) is 9.47 Å². The molecule has 5 heteroatoms. The minimum atomic E-state index is 0.267. The van der Waals surface area contributed by atoms with Crippen molar-refractivity contribution in [3.05, 3.63) is 0 Å². The van der Waals surface area contributed by atoms with Gasteiger partial charge in [-0.1, -0.05) is 0 Å². The minimum Gasteiger partial charge on any atom is -0.382 e. The van der Waals surface area contributed by atoms with E-state index in [4.69, 9.17) is 21.7 Å². The van der Waals surface area contributed by atoms with Crippen molar-refractivity contribution < 1.29 is 9.47 Å². The zero-order valence-electron chi connectivity index (χ0n) is 11.1. The molecule has 1 saturated heterocycles. The van der Waals surface area contributed by atoms with Gasteiger partial charge in [0.05, 0.1) is 12.1 Å². The highest BCUT2D eigenvalue weighted by Crippen LogP contribution is 2.18. The van der Waals surface area contributed by atoms with E-state index < -0.39 is 0 Å². The van der Waals surface area contributed by atoms with E-state index in [1.165, 1.54) is 0 Å². The lowest BCUT2D eigenvalue weighted by Gasteiger charge is -2.29. The number of ether oxygens (including phenoxy) is 2. The highest BCUT2D eigenvalue weighted by molar-refractivity contribution is 7.80. The van der Waals surface area contributed by atoms with Gasteiger partial charge in [0.15, 0.2) is 5.11 Å². The summed E-state index contributed by atoms with van der Waals surface area (Å²) in [5.41, 5.74) is 0. The molecule has 100 valence electrons. The van der Waals surface area contributed by atoms with Crippen LogP contribution in [0.3, 0.4) is 0 Å². The Hall–Kier alpha value is -0.390. The van der Waals surface area contributed by atoms with Crippen LogP contribution in [0.5, 0.6) is 0 Å². The first kappa shape index (κ1) is 14.7. The number of rotatable bonds is 6. The molecule has 4 nitrogen and oxygen atoms in total. The molecule has 1 heterocycles. The van der Waals surface area contributed by atoms with E-state index in [-0.39, 0.29) is 6.10 Å². The van der Waals surface area contributed by atoms with Crippen LogP contribution in [0.2, 0.25) is 0 Å². The van der Waals surface area contributed by atoms with Gasteiger partial charge in [-0.3, -0.25) is 0 Å². The van der Waals surface area contributed by atoms with Crippen LogP contribution in [0.15, 0.2) is 0 Å². The van der Waals surface area contributed by atoms with Crippen molar-refractivity contribution in [2.24, 2.45) is 0 Å². The Kier molecular flexibility index (Phi) is 6.77. The van der Waals surface area contributed by atoms with Crippen LogP contribution >= 0.6 is 12.2 Å². The fourth-order valence-corrected chi connectivity index (χ4v) is 2.26. The lowest BCUT2D eigenvalue weighted by atomic mass is 10.1. The first-order chi connectivity index (χ1) is 8.16. The van der Waals surface area contributed by atoms with E-state index in [2.05, 4.69) is 17.1 Å². The Balaban J connectivity index is 2.18. The summed E-state index contributed by atoms with van der Waals surface area (Å²) in [6.45, 7) is 7.38. The van der Waals surface area contributed by atoms with E-state index in [1.807, 2.05) is 14.0 Å². The van der Waals surface area contributed by atoms with Gasteiger partial charge in [0.2, 0.25) is 0 Å². The number of hydrogen-bond donors (Lipinski definition) is 1. The number of hydrogen-bond acceptors (Lipinski definition) is 3. The van der Waals surface area contributed by atoms with Gasteiger partial charge in [0, 0.05) is 33.4 Å². The first-order valence-electron chi connectivity index (χ1n) is 6.36. The van der Waals surface area contributed by atoms with Crippen LogP contribution in [0, 0.1) is 0 Å². The molecular weight excluding hydrogens is 236 g/mol. The van der Waals surface area contributed by atoms with E-state index in [9.17, 15) is 0 Å². The van der Waals surface area contributed by atoms with Gasteiger partial charge in [-0.25, -0.2) is 0 Å². The predicted octanol–water partition coefficient (Wildman–Crippen LogP) is 1.40. The second kappa shape index (κ2) is 7.84. The van der Waals surface area contributed by atoms with Gasteiger partial charge in [-0.15, -0.1) is 0 Å². The van der Waals surface area contributed by atoms with E-state index in [0.29, 0.717) is 6.04 Å². The van der Waals surface area contributed by atoms with Gasteiger partial charge in [0.25, 0.3) is 0 Å². The van der Waals surface area contributed by atoms with Crippen LogP contribution < -0.4 is 5.32 Å². The molecule has 0 spiro atoms. The quantitative estimate of drug-likeness (QED) is 0.577. The second-order valence-corrected chi connectivity index (χ2v) is 4.71. The summed E-state index contributed by atoms with van der Waals surface area (Å²) in [5.74, 6) is 0. The Morgan fingerprint density at radius 2 is 2.35 bits per heavy atom. The molecular formula is C12H24N2O2S. The SMILES string of the molecule is CCOCCCNC(=S)N(C)C1CCOC1C. The summed E-state index contributed by atoms with van der Waals surface area (Å²) in [7, 11) is 2.04. The van der Waals surface area contributed by atoms with Gasteiger partial charge < -0.3 is 19.7 Å². The summed E-state index contributed by atoms with van der Waals surface area (Å²) >= 11 is 5.36. The Morgan fingerprint density at radius 1 is 1.59 bits per heavy atom. The van der Waals surface area contributed by atoms with E-state index in [1.54, 1.807) is 0 Å².